The van der Waals surface area contributed by atoms with Crippen molar-refractivity contribution in [2.24, 2.45) is 0 Å². The SMILES string of the molecule is CC(=O)SCC(=Cc1cccc(C#N)c1)B1OC(C)(C)C(C)(C)O1. The zero-order valence-electron chi connectivity index (χ0n) is 14.8. The van der Waals surface area contributed by atoms with Crippen molar-refractivity contribution in [1.29, 1.82) is 5.26 Å². The maximum absolute atomic E-state index is 11.4. The molecule has 0 unspecified atom stereocenters. The van der Waals surface area contributed by atoms with E-state index < -0.39 is 18.3 Å². The summed E-state index contributed by atoms with van der Waals surface area (Å²) in [5.74, 6) is 0.489. The molecule has 0 radical (unpaired) electrons. The summed E-state index contributed by atoms with van der Waals surface area (Å²) >= 11 is 1.22. The van der Waals surface area contributed by atoms with Crippen LogP contribution in [0.25, 0.3) is 6.08 Å². The van der Waals surface area contributed by atoms with E-state index in [0.29, 0.717) is 11.3 Å². The third-order valence-electron chi connectivity index (χ3n) is 4.37. The molecule has 1 aliphatic rings. The van der Waals surface area contributed by atoms with Crippen molar-refractivity contribution in [3.63, 3.8) is 0 Å². The third-order valence-corrected chi connectivity index (χ3v) is 5.25. The lowest BCUT2D eigenvalue weighted by atomic mass is 9.78. The van der Waals surface area contributed by atoms with Gasteiger partial charge in [0.2, 0.25) is 0 Å². The fourth-order valence-electron chi connectivity index (χ4n) is 2.27. The van der Waals surface area contributed by atoms with Gasteiger partial charge < -0.3 is 9.31 Å². The van der Waals surface area contributed by atoms with Crippen LogP contribution in [-0.2, 0) is 14.1 Å². The molecule has 0 saturated carbocycles. The molecular weight excluding hydrogens is 321 g/mol. The van der Waals surface area contributed by atoms with Crippen molar-refractivity contribution in [3.8, 4) is 6.07 Å². The highest BCUT2D eigenvalue weighted by atomic mass is 32.2. The van der Waals surface area contributed by atoms with Gasteiger partial charge in [0.05, 0.1) is 22.8 Å². The van der Waals surface area contributed by atoms with Gasteiger partial charge in [-0.1, -0.05) is 30.0 Å². The first-order valence-electron chi connectivity index (χ1n) is 7.84. The predicted molar refractivity (Wildman–Crippen MR) is 98.4 cm³/mol. The standard InChI is InChI=1S/C18H22BNO3S/c1-13(21)24-12-16(10-14-7-6-8-15(9-14)11-20)19-22-17(2,3)18(4,5)23-19/h6-10H,12H2,1-5H3. The van der Waals surface area contributed by atoms with E-state index in [-0.39, 0.29) is 5.12 Å². The number of thioether (sulfide) groups is 1. The van der Waals surface area contributed by atoms with Gasteiger partial charge in [-0.2, -0.15) is 5.26 Å². The van der Waals surface area contributed by atoms with Crippen LogP contribution >= 0.6 is 11.8 Å². The van der Waals surface area contributed by atoms with Gasteiger partial charge in [0, 0.05) is 12.7 Å². The minimum absolute atomic E-state index is 0.0446. The maximum atomic E-state index is 11.4. The molecule has 2 rings (SSSR count). The topological polar surface area (TPSA) is 59.3 Å². The molecule has 0 N–H and O–H groups in total. The Bertz CT molecular complexity index is 690. The Balaban J connectivity index is 2.33. The zero-order valence-corrected chi connectivity index (χ0v) is 15.6. The zero-order chi connectivity index (χ0) is 18.0. The molecule has 6 heteroatoms. The number of carbonyl (C=O) groups is 1. The molecule has 1 aromatic carbocycles. The van der Waals surface area contributed by atoms with E-state index in [2.05, 4.69) is 6.07 Å². The molecule has 0 aromatic heterocycles. The second-order valence-corrected chi connectivity index (χ2v) is 7.98. The van der Waals surface area contributed by atoms with Crippen molar-refractivity contribution in [1.82, 2.24) is 0 Å². The van der Waals surface area contributed by atoms with Crippen LogP contribution in [-0.4, -0.2) is 29.2 Å². The second-order valence-electron chi connectivity index (χ2n) is 6.83. The first kappa shape index (κ1) is 18.8. The summed E-state index contributed by atoms with van der Waals surface area (Å²) in [4.78, 5) is 11.4. The van der Waals surface area contributed by atoms with Crippen molar-refractivity contribution >= 4 is 30.1 Å². The third kappa shape index (κ3) is 4.30. The summed E-state index contributed by atoms with van der Waals surface area (Å²) < 4.78 is 12.2. The molecule has 1 heterocycles. The average Bonchev–Trinajstić information content (AvgIpc) is 2.71. The summed E-state index contributed by atoms with van der Waals surface area (Å²) in [7, 11) is -0.507. The summed E-state index contributed by atoms with van der Waals surface area (Å²) in [6.07, 6.45) is 1.94. The first-order chi connectivity index (χ1) is 11.1. The van der Waals surface area contributed by atoms with Crippen molar-refractivity contribution in [2.45, 2.75) is 45.8 Å². The monoisotopic (exact) mass is 343 g/mol. The van der Waals surface area contributed by atoms with Crippen LogP contribution in [0.1, 0.15) is 45.7 Å². The molecule has 0 bridgehead atoms. The Morgan fingerprint density at radius 1 is 1.29 bits per heavy atom. The van der Waals surface area contributed by atoms with Gasteiger partial charge in [0.1, 0.15) is 0 Å². The number of hydrogen-bond acceptors (Lipinski definition) is 5. The highest BCUT2D eigenvalue weighted by Crippen LogP contribution is 2.39. The molecule has 1 fully saturated rings. The summed E-state index contributed by atoms with van der Waals surface area (Å²) in [5, 5.41) is 9.10. The number of carbonyl (C=O) groups excluding carboxylic acids is 1. The summed E-state index contributed by atoms with van der Waals surface area (Å²) in [6, 6.07) is 9.46. The Morgan fingerprint density at radius 2 is 1.92 bits per heavy atom. The summed E-state index contributed by atoms with van der Waals surface area (Å²) in [5.41, 5.74) is 1.49. The number of nitrogens with zero attached hydrogens (tertiary/aromatic N) is 1. The van der Waals surface area contributed by atoms with Crippen LogP contribution in [0.4, 0.5) is 0 Å². The van der Waals surface area contributed by atoms with Crippen LogP contribution in [0.3, 0.4) is 0 Å². The van der Waals surface area contributed by atoms with E-state index in [1.54, 1.807) is 13.0 Å². The predicted octanol–water partition coefficient (Wildman–Crippen LogP) is 3.85. The normalized spacial score (nSPS) is 19.2. The quantitative estimate of drug-likeness (QED) is 0.777. The minimum Gasteiger partial charge on any atom is -0.400 e. The molecule has 1 saturated heterocycles. The molecule has 1 aliphatic heterocycles. The van der Waals surface area contributed by atoms with E-state index in [9.17, 15) is 4.79 Å². The molecule has 4 nitrogen and oxygen atoms in total. The van der Waals surface area contributed by atoms with Gasteiger partial charge in [-0.25, -0.2) is 0 Å². The lowest BCUT2D eigenvalue weighted by Crippen LogP contribution is -2.41. The molecule has 0 aliphatic carbocycles. The first-order valence-corrected chi connectivity index (χ1v) is 8.83. The maximum Gasteiger partial charge on any atom is 0.491 e. The van der Waals surface area contributed by atoms with E-state index in [0.717, 1.165) is 11.0 Å². The number of nitriles is 1. The second kappa shape index (κ2) is 7.14. The lowest BCUT2D eigenvalue weighted by molar-refractivity contribution is -0.109. The van der Waals surface area contributed by atoms with Gasteiger partial charge in [-0.05, 0) is 50.9 Å². The van der Waals surface area contributed by atoms with E-state index in [1.807, 2.05) is 52.0 Å². The molecule has 0 spiro atoms. The van der Waals surface area contributed by atoms with Crippen molar-refractivity contribution in [2.75, 3.05) is 5.75 Å². The van der Waals surface area contributed by atoms with E-state index >= 15 is 0 Å². The molecule has 0 amide bonds. The van der Waals surface area contributed by atoms with Gasteiger partial charge in [0.25, 0.3) is 0 Å². The van der Waals surface area contributed by atoms with Crippen LogP contribution in [0.2, 0.25) is 0 Å². The smallest absolute Gasteiger partial charge is 0.400 e. The highest BCUT2D eigenvalue weighted by Gasteiger charge is 2.52. The van der Waals surface area contributed by atoms with Crippen molar-refractivity contribution in [3.05, 3.63) is 40.9 Å². The molecular formula is C18H22BNO3S. The highest BCUT2D eigenvalue weighted by molar-refractivity contribution is 8.13. The van der Waals surface area contributed by atoms with Crippen LogP contribution < -0.4 is 0 Å². The lowest BCUT2D eigenvalue weighted by Gasteiger charge is -2.32. The Labute approximate surface area is 148 Å². The van der Waals surface area contributed by atoms with Gasteiger partial charge in [-0.3, -0.25) is 4.79 Å². The van der Waals surface area contributed by atoms with Gasteiger partial charge >= 0.3 is 7.12 Å². The number of rotatable bonds is 4. The average molecular weight is 343 g/mol. The summed E-state index contributed by atoms with van der Waals surface area (Å²) in [6.45, 7) is 9.54. The molecule has 0 atom stereocenters. The Kier molecular flexibility index (Phi) is 5.59. The van der Waals surface area contributed by atoms with Crippen LogP contribution in [0, 0.1) is 11.3 Å². The Hall–Kier alpha value is -1.55. The number of benzene rings is 1. The van der Waals surface area contributed by atoms with Crippen LogP contribution in [0.15, 0.2) is 29.7 Å². The fourth-order valence-corrected chi connectivity index (χ4v) is 2.86. The van der Waals surface area contributed by atoms with Crippen LogP contribution in [0.5, 0.6) is 0 Å². The molecule has 126 valence electrons. The van der Waals surface area contributed by atoms with Gasteiger partial charge in [0.15, 0.2) is 5.12 Å². The van der Waals surface area contributed by atoms with E-state index in [1.165, 1.54) is 11.8 Å². The molecule has 24 heavy (non-hydrogen) atoms. The van der Waals surface area contributed by atoms with Crippen molar-refractivity contribution < 1.29 is 14.1 Å². The van der Waals surface area contributed by atoms with Gasteiger partial charge in [-0.15, -0.1) is 0 Å². The fraction of sp³-hybridized carbons (Fsp3) is 0.444. The van der Waals surface area contributed by atoms with E-state index in [4.69, 9.17) is 14.6 Å². The largest absolute Gasteiger partial charge is 0.491 e. The number of hydrogen-bond donors (Lipinski definition) is 0. The Morgan fingerprint density at radius 3 is 2.46 bits per heavy atom. The molecule has 1 aromatic rings. The minimum atomic E-state index is -0.507.